The van der Waals surface area contributed by atoms with Crippen molar-refractivity contribution < 1.29 is 14.0 Å². The van der Waals surface area contributed by atoms with E-state index >= 15 is 0 Å². The zero-order valence-electron chi connectivity index (χ0n) is 15.4. The summed E-state index contributed by atoms with van der Waals surface area (Å²) < 4.78 is 11.0. The van der Waals surface area contributed by atoms with E-state index in [0.717, 1.165) is 11.1 Å². The highest BCUT2D eigenvalue weighted by Gasteiger charge is 2.36. The van der Waals surface area contributed by atoms with Gasteiger partial charge in [0.1, 0.15) is 0 Å². The second-order valence-electron chi connectivity index (χ2n) is 6.99. The van der Waals surface area contributed by atoms with Gasteiger partial charge in [-0.2, -0.15) is 0 Å². The summed E-state index contributed by atoms with van der Waals surface area (Å²) in [7, 11) is -1.69. The molecule has 0 aromatic heterocycles. The van der Waals surface area contributed by atoms with Crippen LogP contribution >= 0.6 is 0 Å². The molecule has 22 heavy (non-hydrogen) atoms. The van der Waals surface area contributed by atoms with Crippen LogP contribution in [-0.2, 0) is 14.0 Å². The molecule has 0 aromatic rings. The molecule has 0 radical (unpaired) electrons. The highest BCUT2D eigenvalue weighted by molar-refractivity contribution is 6.74. The van der Waals surface area contributed by atoms with E-state index in [2.05, 4.69) is 39.9 Å². The third-order valence-electron chi connectivity index (χ3n) is 3.88. The smallest absolute Gasteiger partial charge is 0.330 e. The van der Waals surface area contributed by atoms with Crippen LogP contribution < -0.4 is 0 Å². The van der Waals surface area contributed by atoms with Gasteiger partial charge in [0.05, 0.1) is 13.2 Å². The third kappa shape index (κ3) is 8.34. The van der Waals surface area contributed by atoms with Crippen LogP contribution in [0.4, 0.5) is 0 Å². The van der Waals surface area contributed by atoms with Crippen LogP contribution in [0.1, 0.15) is 41.5 Å². The number of carbonyl (C=O) groups excluding carboxylic acids is 1. The Morgan fingerprint density at radius 1 is 1.09 bits per heavy atom. The zero-order chi connectivity index (χ0) is 17.4. The summed E-state index contributed by atoms with van der Waals surface area (Å²) in [5.41, 5.74) is 2.14. The summed E-state index contributed by atoms with van der Waals surface area (Å²) in [6, 6.07) is 0. The molecule has 0 atom stereocenters. The van der Waals surface area contributed by atoms with Crippen molar-refractivity contribution in [1.82, 2.24) is 0 Å². The molecule has 0 aliphatic carbocycles. The van der Waals surface area contributed by atoms with Gasteiger partial charge >= 0.3 is 5.97 Å². The minimum atomic E-state index is -1.69. The lowest BCUT2D eigenvalue weighted by atomic mass is 10.2. The first-order chi connectivity index (χ1) is 9.99. The van der Waals surface area contributed by atoms with Crippen molar-refractivity contribution in [3.8, 4) is 0 Å². The predicted molar refractivity (Wildman–Crippen MR) is 96.4 cm³/mol. The fourth-order valence-electron chi connectivity index (χ4n) is 1.45. The average molecular weight is 325 g/mol. The van der Waals surface area contributed by atoms with E-state index in [0.29, 0.717) is 13.2 Å². The second-order valence-corrected chi connectivity index (χ2v) is 11.8. The Hall–Kier alpha value is -1.13. The normalized spacial score (nSPS) is 14.5. The van der Waals surface area contributed by atoms with Gasteiger partial charge in [-0.3, -0.25) is 0 Å². The lowest BCUT2D eigenvalue weighted by Gasteiger charge is -2.35. The monoisotopic (exact) mass is 324 g/mol. The Balaban J connectivity index is 4.56. The summed E-state index contributed by atoms with van der Waals surface area (Å²) in [5, 5.41) is 0.225. The van der Waals surface area contributed by atoms with E-state index < -0.39 is 8.32 Å². The first-order valence-corrected chi connectivity index (χ1v) is 10.7. The SMILES string of the molecule is CCOC(=O)/C=C/C(C)=C/C(C)=C/CO[Si](C)(C)C(C)(C)C. The van der Waals surface area contributed by atoms with E-state index in [9.17, 15) is 4.79 Å². The van der Waals surface area contributed by atoms with Crippen LogP contribution in [0.25, 0.3) is 0 Å². The molecule has 0 aliphatic rings. The maximum Gasteiger partial charge on any atom is 0.330 e. The number of hydrogen-bond acceptors (Lipinski definition) is 3. The molecular weight excluding hydrogens is 292 g/mol. The van der Waals surface area contributed by atoms with Crippen molar-refractivity contribution >= 4 is 14.3 Å². The van der Waals surface area contributed by atoms with Crippen LogP contribution in [0.2, 0.25) is 18.1 Å². The van der Waals surface area contributed by atoms with Gasteiger partial charge in [0.2, 0.25) is 0 Å². The predicted octanol–water partition coefficient (Wildman–Crippen LogP) is 5.02. The minimum absolute atomic E-state index is 0.225. The van der Waals surface area contributed by atoms with Gasteiger partial charge in [0.25, 0.3) is 0 Å². The van der Waals surface area contributed by atoms with Crippen molar-refractivity contribution in [2.75, 3.05) is 13.2 Å². The summed E-state index contributed by atoms with van der Waals surface area (Å²) in [6.45, 7) is 18.0. The molecule has 0 aromatic carbocycles. The molecule has 0 bridgehead atoms. The van der Waals surface area contributed by atoms with E-state index in [1.807, 2.05) is 19.9 Å². The van der Waals surface area contributed by atoms with Gasteiger partial charge < -0.3 is 9.16 Å². The molecular formula is C18H32O3Si. The molecule has 0 N–H and O–H groups in total. The quantitative estimate of drug-likeness (QED) is 0.285. The fraction of sp³-hybridized carbons (Fsp3) is 0.611. The Kier molecular flexibility index (Phi) is 8.64. The maximum absolute atomic E-state index is 11.2. The van der Waals surface area contributed by atoms with E-state index in [4.69, 9.17) is 9.16 Å². The molecule has 0 saturated carbocycles. The molecule has 0 rings (SSSR count). The van der Waals surface area contributed by atoms with Crippen molar-refractivity contribution in [3.05, 3.63) is 35.5 Å². The highest BCUT2D eigenvalue weighted by atomic mass is 28.4. The lowest BCUT2D eigenvalue weighted by molar-refractivity contribution is -0.137. The van der Waals surface area contributed by atoms with Gasteiger partial charge in [-0.1, -0.05) is 50.1 Å². The summed E-state index contributed by atoms with van der Waals surface area (Å²) >= 11 is 0. The molecule has 3 nitrogen and oxygen atoms in total. The van der Waals surface area contributed by atoms with Gasteiger partial charge in [-0.05, 0) is 38.9 Å². The molecule has 0 saturated heterocycles. The Labute approximate surface area is 137 Å². The van der Waals surface area contributed by atoms with E-state index in [-0.39, 0.29) is 11.0 Å². The summed E-state index contributed by atoms with van der Waals surface area (Å²) in [6.07, 6.45) is 7.34. The number of esters is 1. The van der Waals surface area contributed by atoms with Gasteiger partial charge in [0, 0.05) is 6.08 Å². The number of hydrogen-bond donors (Lipinski definition) is 0. The van der Waals surface area contributed by atoms with Gasteiger partial charge in [-0.15, -0.1) is 0 Å². The van der Waals surface area contributed by atoms with Crippen molar-refractivity contribution in [1.29, 1.82) is 0 Å². The van der Waals surface area contributed by atoms with Crippen LogP contribution in [0, 0.1) is 0 Å². The van der Waals surface area contributed by atoms with Crippen LogP contribution in [-0.4, -0.2) is 27.5 Å². The molecule has 0 heterocycles. The van der Waals surface area contributed by atoms with Gasteiger partial charge in [0.15, 0.2) is 8.32 Å². The largest absolute Gasteiger partial charge is 0.463 e. The summed E-state index contributed by atoms with van der Waals surface area (Å²) in [5.74, 6) is -0.307. The standard InChI is InChI=1S/C18H32O3Si/c1-9-20-17(19)11-10-15(2)14-16(3)12-13-21-22(7,8)18(4,5)6/h10-12,14H,9,13H2,1-8H3/b11-10+,15-14+,16-12+. The van der Waals surface area contributed by atoms with Crippen molar-refractivity contribution in [2.24, 2.45) is 0 Å². The molecule has 0 unspecified atom stereocenters. The average Bonchev–Trinajstić information content (AvgIpc) is 2.35. The zero-order valence-corrected chi connectivity index (χ0v) is 16.4. The maximum atomic E-state index is 11.2. The first-order valence-electron chi connectivity index (χ1n) is 7.83. The number of carbonyl (C=O) groups is 1. The second kappa shape index (κ2) is 9.11. The highest BCUT2D eigenvalue weighted by Crippen LogP contribution is 2.36. The lowest BCUT2D eigenvalue weighted by Crippen LogP contribution is -2.40. The van der Waals surface area contributed by atoms with E-state index in [1.54, 1.807) is 13.0 Å². The Morgan fingerprint density at radius 3 is 2.18 bits per heavy atom. The molecule has 126 valence electrons. The van der Waals surface area contributed by atoms with Crippen molar-refractivity contribution in [2.45, 2.75) is 59.7 Å². The van der Waals surface area contributed by atoms with Crippen LogP contribution in [0.5, 0.6) is 0 Å². The number of rotatable bonds is 7. The third-order valence-corrected chi connectivity index (χ3v) is 8.38. The number of allylic oxidation sites excluding steroid dienone is 4. The fourth-order valence-corrected chi connectivity index (χ4v) is 2.39. The van der Waals surface area contributed by atoms with Crippen molar-refractivity contribution in [3.63, 3.8) is 0 Å². The first kappa shape index (κ1) is 20.9. The molecule has 0 spiro atoms. The summed E-state index contributed by atoms with van der Waals surface area (Å²) in [4.78, 5) is 11.2. The van der Waals surface area contributed by atoms with Crippen LogP contribution in [0.3, 0.4) is 0 Å². The molecule has 0 amide bonds. The molecule has 0 fully saturated rings. The Morgan fingerprint density at radius 2 is 1.68 bits per heavy atom. The topological polar surface area (TPSA) is 35.5 Å². The van der Waals surface area contributed by atoms with Gasteiger partial charge in [-0.25, -0.2) is 4.79 Å². The molecule has 0 aliphatic heterocycles. The van der Waals surface area contributed by atoms with Crippen LogP contribution in [0.15, 0.2) is 35.5 Å². The number of ether oxygens (including phenoxy) is 1. The van der Waals surface area contributed by atoms with E-state index in [1.165, 1.54) is 6.08 Å². The minimum Gasteiger partial charge on any atom is -0.463 e. The molecule has 4 heteroatoms. The Bertz CT molecular complexity index is 451.